The summed E-state index contributed by atoms with van der Waals surface area (Å²) in [5.41, 5.74) is 5.46. The molecule has 18 heavy (non-hydrogen) atoms. The quantitative estimate of drug-likeness (QED) is 0.670. The van der Waals surface area contributed by atoms with E-state index in [4.69, 9.17) is 22.7 Å². The number of nitrogen functional groups attached to an aromatic ring is 1. The first kappa shape index (κ1) is 12.9. The van der Waals surface area contributed by atoms with E-state index in [9.17, 15) is 4.39 Å². The molecule has 0 aliphatic heterocycles. The molecule has 2 aromatic rings. The van der Waals surface area contributed by atoms with Gasteiger partial charge in [0.2, 0.25) is 0 Å². The van der Waals surface area contributed by atoms with Crippen molar-refractivity contribution in [2.45, 2.75) is 9.92 Å². The molecule has 0 aliphatic rings. The van der Waals surface area contributed by atoms with Crippen LogP contribution in [-0.4, -0.2) is 10.8 Å². The molecule has 0 radical (unpaired) electrons. The molecule has 0 saturated carbocycles. The maximum Gasteiger partial charge on any atom is 0.135 e. The molecule has 0 unspecified atom stereocenters. The van der Waals surface area contributed by atoms with Crippen LogP contribution < -0.4 is 5.73 Å². The van der Waals surface area contributed by atoms with Crippen molar-refractivity contribution in [1.29, 1.82) is 5.41 Å². The SMILES string of the molecule is N=C(N)c1c(F)cccc1Sc1ncccc1Cl. The Kier molecular flexibility index (Phi) is 3.84. The molecule has 0 atom stereocenters. The van der Waals surface area contributed by atoms with Crippen LogP contribution in [0.15, 0.2) is 46.5 Å². The van der Waals surface area contributed by atoms with Gasteiger partial charge >= 0.3 is 0 Å². The summed E-state index contributed by atoms with van der Waals surface area (Å²) in [6.45, 7) is 0. The van der Waals surface area contributed by atoms with Crippen LogP contribution in [0.5, 0.6) is 0 Å². The highest BCUT2D eigenvalue weighted by atomic mass is 35.5. The molecule has 0 spiro atoms. The highest BCUT2D eigenvalue weighted by molar-refractivity contribution is 7.99. The first-order valence-electron chi connectivity index (χ1n) is 5.01. The Hall–Kier alpha value is -1.59. The minimum Gasteiger partial charge on any atom is -0.384 e. The summed E-state index contributed by atoms with van der Waals surface area (Å²) >= 11 is 7.16. The fraction of sp³-hybridized carbons (Fsp3) is 0. The standard InChI is InChI=1S/C12H9ClFN3S/c13-7-3-2-6-17-12(7)18-9-5-1-4-8(14)10(9)11(15)16/h1-6H,(H3,15,16). The summed E-state index contributed by atoms with van der Waals surface area (Å²) in [7, 11) is 0. The Labute approximate surface area is 113 Å². The van der Waals surface area contributed by atoms with Gasteiger partial charge in [0.1, 0.15) is 16.7 Å². The second-order valence-electron chi connectivity index (χ2n) is 3.42. The van der Waals surface area contributed by atoms with Gasteiger partial charge in [-0.15, -0.1) is 0 Å². The van der Waals surface area contributed by atoms with E-state index in [1.807, 2.05) is 0 Å². The molecule has 3 nitrogen and oxygen atoms in total. The molecule has 0 amide bonds. The van der Waals surface area contributed by atoms with Crippen LogP contribution in [-0.2, 0) is 0 Å². The van der Waals surface area contributed by atoms with Gasteiger partial charge in [-0.2, -0.15) is 0 Å². The van der Waals surface area contributed by atoms with Crippen LogP contribution in [0.2, 0.25) is 5.02 Å². The zero-order valence-corrected chi connectivity index (χ0v) is 10.7. The van der Waals surface area contributed by atoms with Gasteiger partial charge in [0.15, 0.2) is 0 Å². The highest BCUT2D eigenvalue weighted by Gasteiger charge is 2.14. The minimum atomic E-state index is -0.528. The van der Waals surface area contributed by atoms with Gasteiger partial charge in [0.25, 0.3) is 0 Å². The zero-order chi connectivity index (χ0) is 13.1. The molecule has 2 rings (SSSR count). The van der Waals surface area contributed by atoms with E-state index in [0.717, 1.165) is 0 Å². The van der Waals surface area contributed by atoms with Crippen LogP contribution in [0.3, 0.4) is 0 Å². The average molecular weight is 282 g/mol. The van der Waals surface area contributed by atoms with Crippen molar-refractivity contribution in [3.63, 3.8) is 0 Å². The normalized spacial score (nSPS) is 10.3. The van der Waals surface area contributed by atoms with Gasteiger partial charge in [-0.3, -0.25) is 5.41 Å². The first-order valence-corrected chi connectivity index (χ1v) is 6.20. The lowest BCUT2D eigenvalue weighted by Crippen LogP contribution is -2.14. The molecular formula is C12H9ClFN3S. The molecule has 0 aliphatic carbocycles. The first-order chi connectivity index (χ1) is 8.59. The lowest BCUT2D eigenvalue weighted by molar-refractivity contribution is 0.621. The molecule has 1 aromatic carbocycles. The number of hydrogen-bond donors (Lipinski definition) is 2. The number of hydrogen-bond acceptors (Lipinski definition) is 3. The van der Waals surface area contributed by atoms with Crippen molar-refractivity contribution < 1.29 is 4.39 Å². The highest BCUT2D eigenvalue weighted by Crippen LogP contribution is 2.33. The van der Waals surface area contributed by atoms with Crippen LogP contribution in [0.4, 0.5) is 4.39 Å². The Morgan fingerprint density at radius 1 is 1.33 bits per heavy atom. The van der Waals surface area contributed by atoms with Crippen LogP contribution >= 0.6 is 23.4 Å². The lowest BCUT2D eigenvalue weighted by atomic mass is 10.2. The van der Waals surface area contributed by atoms with Crippen molar-refractivity contribution in [2.24, 2.45) is 5.73 Å². The summed E-state index contributed by atoms with van der Waals surface area (Å²) in [6.07, 6.45) is 1.60. The smallest absolute Gasteiger partial charge is 0.135 e. The predicted octanol–water partition coefficient (Wildman–Crippen LogP) is 3.31. The molecule has 92 valence electrons. The number of rotatable bonds is 3. The third kappa shape index (κ3) is 2.63. The van der Waals surface area contributed by atoms with Crippen molar-refractivity contribution in [3.8, 4) is 0 Å². The molecule has 0 fully saturated rings. The number of aromatic nitrogens is 1. The van der Waals surface area contributed by atoms with Gasteiger partial charge in [-0.1, -0.05) is 29.4 Å². The summed E-state index contributed by atoms with van der Waals surface area (Å²) in [5, 5.41) is 8.43. The average Bonchev–Trinajstić information content (AvgIpc) is 2.31. The number of pyridine rings is 1. The van der Waals surface area contributed by atoms with Gasteiger partial charge in [0, 0.05) is 11.1 Å². The van der Waals surface area contributed by atoms with Crippen LogP contribution in [0.1, 0.15) is 5.56 Å². The molecule has 0 bridgehead atoms. The third-order valence-corrected chi connectivity index (χ3v) is 3.67. The Morgan fingerprint density at radius 3 is 2.78 bits per heavy atom. The summed E-state index contributed by atoms with van der Waals surface area (Å²) < 4.78 is 13.6. The Morgan fingerprint density at radius 2 is 2.11 bits per heavy atom. The molecule has 6 heteroatoms. The number of nitrogens with two attached hydrogens (primary N) is 1. The predicted molar refractivity (Wildman–Crippen MR) is 70.8 cm³/mol. The van der Waals surface area contributed by atoms with E-state index in [2.05, 4.69) is 4.98 Å². The van der Waals surface area contributed by atoms with Crippen molar-refractivity contribution in [3.05, 3.63) is 52.9 Å². The molecule has 0 saturated heterocycles. The second kappa shape index (κ2) is 5.37. The van der Waals surface area contributed by atoms with E-state index >= 15 is 0 Å². The van der Waals surface area contributed by atoms with Crippen molar-refractivity contribution in [2.75, 3.05) is 0 Å². The van der Waals surface area contributed by atoms with E-state index in [0.29, 0.717) is 14.9 Å². The van der Waals surface area contributed by atoms with Gasteiger partial charge in [0.05, 0.1) is 10.6 Å². The van der Waals surface area contributed by atoms with E-state index < -0.39 is 5.82 Å². The molecule has 1 heterocycles. The van der Waals surface area contributed by atoms with Gasteiger partial charge in [-0.25, -0.2) is 9.37 Å². The largest absolute Gasteiger partial charge is 0.384 e. The van der Waals surface area contributed by atoms with Crippen molar-refractivity contribution in [1.82, 2.24) is 4.98 Å². The molecular weight excluding hydrogens is 273 g/mol. The van der Waals surface area contributed by atoms with E-state index in [-0.39, 0.29) is 11.4 Å². The maximum absolute atomic E-state index is 13.6. The maximum atomic E-state index is 13.6. The number of benzene rings is 1. The van der Waals surface area contributed by atoms with Gasteiger partial charge < -0.3 is 5.73 Å². The summed E-state index contributed by atoms with van der Waals surface area (Å²) in [6, 6.07) is 7.91. The third-order valence-electron chi connectivity index (χ3n) is 2.18. The van der Waals surface area contributed by atoms with Crippen LogP contribution in [0, 0.1) is 11.2 Å². The summed E-state index contributed by atoms with van der Waals surface area (Å²) in [4.78, 5) is 4.62. The number of nitrogens with one attached hydrogen (secondary N) is 1. The lowest BCUT2D eigenvalue weighted by Gasteiger charge is -2.08. The van der Waals surface area contributed by atoms with Crippen LogP contribution in [0.25, 0.3) is 0 Å². The zero-order valence-electron chi connectivity index (χ0n) is 9.15. The monoisotopic (exact) mass is 281 g/mol. The molecule has 1 aromatic heterocycles. The van der Waals surface area contributed by atoms with Crippen molar-refractivity contribution >= 4 is 29.2 Å². The fourth-order valence-corrected chi connectivity index (χ4v) is 2.58. The van der Waals surface area contributed by atoms with Gasteiger partial charge in [-0.05, 0) is 24.3 Å². The number of amidine groups is 1. The van der Waals surface area contributed by atoms with E-state index in [1.165, 1.54) is 17.8 Å². The Balaban J connectivity index is 2.44. The Bertz CT molecular complexity index is 604. The second-order valence-corrected chi connectivity index (χ2v) is 4.86. The van der Waals surface area contributed by atoms with E-state index in [1.54, 1.807) is 30.5 Å². The molecule has 3 N–H and O–H groups in total. The number of nitrogens with zero attached hydrogens (tertiary/aromatic N) is 1. The number of halogens is 2. The minimum absolute atomic E-state index is 0.0734. The topological polar surface area (TPSA) is 62.8 Å². The fourth-order valence-electron chi connectivity index (χ4n) is 1.40. The summed E-state index contributed by atoms with van der Waals surface area (Å²) in [5.74, 6) is -0.845.